The van der Waals surface area contributed by atoms with Crippen molar-refractivity contribution in [1.82, 2.24) is 0 Å². The molecule has 0 bridgehead atoms. The van der Waals surface area contributed by atoms with Crippen LogP contribution in [0.3, 0.4) is 0 Å². The number of nitrogens with zero attached hydrogens (tertiary/aromatic N) is 1. The summed E-state index contributed by atoms with van der Waals surface area (Å²) in [6.07, 6.45) is 3.27. The number of carbonyl (C=O) groups excluding carboxylic acids is 3. The third-order valence-electron chi connectivity index (χ3n) is 5.54. The fourth-order valence-electron chi connectivity index (χ4n) is 3.66. The highest BCUT2D eigenvalue weighted by Gasteiger charge is 2.38. The summed E-state index contributed by atoms with van der Waals surface area (Å²) in [7, 11) is 0. The van der Waals surface area contributed by atoms with Gasteiger partial charge in [0, 0.05) is 21.4 Å². The normalized spacial score (nSPS) is 13.4. The Kier molecular flexibility index (Phi) is 7.68. The topological polar surface area (TPSA) is 78.5 Å². The third kappa shape index (κ3) is 5.63. The molecule has 3 aromatic carbocycles. The van der Waals surface area contributed by atoms with Crippen molar-refractivity contribution in [2.24, 2.45) is 0 Å². The van der Waals surface area contributed by atoms with Crippen molar-refractivity contribution in [2.75, 3.05) is 15.5 Å². The number of nitrogens with one attached hydrogen (secondary N) is 2. The Morgan fingerprint density at radius 2 is 1.66 bits per heavy atom. The highest BCUT2D eigenvalue weighted by atomic mass is 79.9. The van der Waals surface area contributed by atoms with Crippen LogP contribution in [-0.4, -0.2) is 17.7 Å². The first-order valence-electron chi connectivity index (χ1n) is 11.2. The maximum Gasteiger partial charge on any atom is 0.283 e. The van der Waals surface area contributed by atoms with E-state index < -0.39 is 11.8 Å². The molecule has 1 aliphatic rings. The molecule has 0 atom stereocenters. The van der Waals surface area contributed by atoms with Gasteiger partial charge in [0.2, 0.25) is 0 Å². The van der Waals surface area contributed by atoms with Crippen molar-refractivity contribution in [2.45, 2.75) is 26.2 Å². The second-order valence-corrected chi connectivity index (χ2v) is 9.37. The molecule has 35 heavy (non-hydrogen) atoms. The van der Waals surface area contributed by atoms with E-state index in [1.165, 1.54) is 5.56 Å². The number of hydrogen-bond acceptors (Lipinski definition) is 4. The molecule has 1 aliphatic heterocycles. The number of unbranched alkanes of at least 4 members (excludes halogenated alkanes) is 1. The Morgan fingerprint density at radius 3 is 2.34 bits per heavy atom. The Morgan fingerprint density at radius 1 is 0.943 bits per heavy atom. The van der Waals surface area contributed by atoms with Crippen molar-refractivity contribution in [1.29, 1.82) is 0 Å². The summed E-state index contributed by atoms with van der Waals surface area (Å²) in [5.74, 6) is -1.47. The van der Waals surface area contributed by atoms with Crippen LogP contribution in [0.4, 0.5) is 17.1 Å². The summed E-state index contributed by atoms with van der Waals surface area (Å²) >= 11 is 9.55. The van der Waals surface area contributed by atoms with E-state index in [1.54, 1.807) is 48.5 Å². The standard InChI is InChI=1S/C27H23BrClN3O3/c1-2-3-5-17-8-12-20(13-9-17)31-25(33)18-6-4-7-21(16-18)30-24-23(29)26(34)32(27(24)35)22-14-10-19(28)11-15-22/h4,6-16,30H,2-3,5H2,1H3,(H,31,33). The van der Waals surface area contributed by atoms with E-state index >= 15 is 0 Å². The highest BCUT2D eigenvalue weighted by molar-refractivity contribution is 9.10. The maximum atomic E-state index is 13.0. The fourth-order valence-corrected chi connectivity index (χ4v) is 4.13. The minimum atomic E-state index is -0.613. The zero-order valence-electron chi connectivity index (χ0n) is 19.0. The van der Waals surface area contributed by atoms with Crippen LogP contribution in [0.1, 0.15) is 35.7 Å². The quantitative estimate of drug-likeness (QED) is 0.314. The number of rotatable bonds is 8. The number of halogens is 2. The summed E-state index contributed by atoms with van der Waals surface area (Å²) in [5, 5.41) is 5.58. The third-order valence-corrected chi connectivity index (χ3v) is 6.42. The Labute approximate surface area is 217 Å². The van der Waals surface area contributed by atoms with Gasteiger partial charge < -0.3 is 10.6 Å². The van der Waals surface area contributed by atoms with Gasteiger partial charge in [0.15, 0.2) is 0 Å². The molecular weight excluding hydrogens is 530 g/mol. The lowest BCUT2D eigenvalue weighted by Gasteiger charge is -2.15. The largest absolute Gasteiger partial charge is 0.350 e. The average Bonchev–Trinajstić information content (AvgIpc) is 3.07. The number of benzene rings is 3. The number of carbonyl (C=O) groups is 3. The van der Waals surface area contributed by atoms with Gasteiger partial charge in [0.25, 0.3) is 17.7 Å². The van der Waals surface area contributed by atoms with Gasteiger partial charge >= 0.3 is 0 Å². The molecule has 0 aliphatic carbocycles. The van der Waals surface area contributed by atoms with Gasteiger partial charge in [-0.1, -0.05) is 59.1 Å². The first kappa shape index (κ1) is 24.7. The first-order chi connectivity index (χ1) is 16.9. The molecule has 0 fully saturated rings. The molecule has 178 valence electrons. The lowest BCUT2D eigenvalue weighted by atomic mass is 10.1. The van der Waals surface area contributed by atoms with Crippen LogP contribution in [-0.2, 0) is 16.0 Å². The molecule has 8 heteroatoms. The van der Waals surface area contributed by atoms with E-state index in [1.807, 2.05) is 24.3 Å². The SMILES string of the molecule is CCCCc1ccc(NC(=O)c2cccc(NC3=C(Cl)C(=O)N(c4ccc(Br)cc4)C3=O)c2)cc1. The molecule has 4 rings (SSSR count). The number of imide groups is 1. The summed E-state index contributed by atoms with van der Waals surface area (Å²) in [5.41, 5.74) is 3.14. The second kappa shape index (κ2) is 10.9. The highest BCUT2D eigenvalue weighted by Crippen LogP contribution is 2.31. The smallest absolute Gasteiger partial charge is 0.283 e. The molecule has 0 aromatic heterocycles. The molecule has 3 amide bonds. The molecule has 0 saturated heterocycles. The van der Waals surface area contributed by atoms with Gasteiger partial charge in [-0.3, -0.25) is 14.4 Å². The molecule has 1 heterocycles. The Balaban J connectivity index is 1.47. The fraction of sp³-hybridized carbons (Fsp3) is 0.148. The van der Waals surface area contributed by atoms with Crippen molar-refractivity contribution in [3.63, 3.8) is 0 Å². The number of anilines is 3. The number of hydrogen-bond donors (Lipinski definition) is 2. The molecule has 0 saturated carbocycles. The second-order valence-electron chi connectivity index (χ2n) is 8.07. The summed E-state index contributed by atoms with van der Waals surface area (Å²) in [6, 6.07) is 21.2. The molecule has 6 nitrogen and oxygen atoms in total. The minimum Gasteiger partial charge on any atom is -0.350 e. The van der Waals surface area contributed by atoms with Crippen LogP contribution in [0.15, 0.2) is 88.0 Å². The van der Waals surface area contributed by atoms with Gasteiger partial charge in [0.1, 0.15) is 10.7 Å². The van der Waals surface area contributed by atoms with Crippen LogP contribution in [0.2, 0.25) is 0 Å². The molecule has 2 N–H and O–H groups in total. The summed E-state index contributed by atoms with van der Waals surface area (Å²) in [6.45, 7) is 2.15. The lowest BCUT2D eigenvalue weighted by molar-refractivity contribution is -0.120. The monoisotopic (exact) mass is 551 g/mol. The zero-order chi connectivity index (χ0) is 24.9. The molecular formula is C27H23BrClN3O3. The van der Waals surface area contributed by atoms with E-state index in [0.717, 1.165) is 28.6 Å². The van der Waals surface area contributed by atoms with Gasteiger partial charge in [-0.2, -0.15) is 0 Å². The molecule has 0 radical (unpaired) electrons. The lowest BCUT2D eigenvalue weighted by Crippen LogP contribution is -2.32. The van der Waals surface area contributed by atoms with Crippen molar-refractivity contribution in [3.05, 3.63) is 99.1 Å². The van der Waals surface area contributed by atoms with Crippen LogP contribution < -0.4 is 15.5 Å². The number of aryl methyl sites for hydroxylation is 1. The van der Waals surface area contributed by atoms with Gasteiger partial charge in [-0.05, 0) is 73.0 Å². The van der Waals surface area contributed by atoms with Gasteiger partial charge in [-0.25, -0.2) is 4.90 Å². The summed E-state index contributed by atoms with van der Waals surface area (Å²) < 4.78 is 0.820. The first-order valence-corrected chi connectivity index (χ1v) is 12.4. The summed E-state index contributed by atoms with van der Waals surface area (Å²) in [4.78, 5) is 39.4. The maximum absolute atomic E-state index is 13.0. The Hall–Kier alpha value is -3.42. The van der Waals surface area contributed by atoms with Crippen LogP contribution >= 0.6 is 27.5 Å². The Bertz CT molecular complexity index is 1300. The van der Waals surface area contributed by atoms with E-state index in [-0.39, 0.29) is 16.6 Å². The van der Waals surface area contributed by atoms with Gasteiger partial charge in [-0.15, -0.1) is 0 Å². The average molecular weight is 553 g/mol. The molecule has 0 unspecified atom stereocenters. The van der Waals surface area contributed by atoms with E-state index in [4.69, 9.17) is 11.6 Å². The van der Waals surface area contributed by atoms with E-state index in [9.17, 15) is 14.4 Å². The zero-order valence-corrected chi connectivity index (χ0v) is 21.3. The van der Waals surface area contributed by atoms with Crippen LogP contribution in [0.5, 0.6) is 0 Å². The minimum absolute atomic E-state index is 0.0418. The van der Waals surface area contributed by atoms with Crippen molar-refractivity contribution in [3.8, 4) is 0 Å². The predicted octanol–water partition coefficient (Wildman–Crippen LogP) is 6.48. The predicted molar refractivity (Wildman–Crippen MR) is 143 cm³/mol. The van der Waals surface area contributed by atoms with Gasteiger partial charge in [0.05, 0.1) is 5.69 Å². The van der Waals surface area contributed by atoms with Crippen LogP contribution in [0.25, 0.3) is 0 Å². The molecule has 3 aromatic rings. The van der Waals surface area contributed by atoms with Crippen LogP contribution in [0, 0.1) is 0 Å². The van der Waals surface area contributed by atoms with Crippen molar-refractivity contribution >= 4 is 62.3 Å². The van der Waals surface area contributed by atoms with E-state index in [0.29, 0.717) is 22.6 Å². The molecule has 0 spiro atoms. The van der Waals surface area contributed by atoms with Crippen molar-refractivity contribution < 1.29 is 14.4 Å². The van der Waals surface area contributed by atoms with E-state index in [2.05, 4.69) is 33.5 Å². The number of amides is 3.